The Morgan fingerprint density at radius 1 is 1.16 bits per heavy atom. The van der Waals surface area contributed by atoms with E-state index in [-0.39, 0.29) is 28.4 Å². The minimum absolute atomic E-state index is 0.0653. The molecule has 156 valence electrons. The first-order valence-electron chi connectivity index (χ1n) is 8.57. The summed E-state index contributed by atoms with van der Waals surface area (Å²) in [7, 11) is 0. The monoisotopic (exact) mass is 460 g/mol. The predicted octanol–water partition coefficient (Wildman–Crippen LogP) is 4.30. The van der Waals surface area contributed by atoms with Gasteiger partial charge in [-0.1, -0.05) is 17.8 Å². The second-order valence-electron chi connectivity index (χ2n) is 6.11. The fraction of sp³-hybridized carbons (Fsp3) is 0.100. The van der Waals surface area contributed by atoms with Crippen LogP contribution in [0.1, 0.15) is 16.7 Å². The van der Waals surface area contributed by atoms with Crippen molar-refractivity contribution in [1.29, 1.82) is 10.5 Å². The molecule has 4 N–H and O–H groups in total. The second kappa shape index (κ2) is 9.08. The number of aromatic nitrogens is 1. The normalized spacial score (nSPS) is 10.9. The molecule has 1 aromatic carbocycles. The van der Waals surface area contributed by atoms with Gasteiger partial charge < -0.3 is 5.32 Å². The van der Waals surface area contributed by atoms with Gasteiger partial charge in [0.25, 0.3) is 5.82 Å². The molecule has 0 aliphatic carbocycles. The first-order chi connectivity index (χ1) is 14.7. The number of carbonyl (C=O) groups excluding carboxylic acids is 1. The molecule has 1 amide bonds. The van der Waals surface area contributed by atoms with E-state index in [9.17, 15) is 28.5 Å². The topological polar surface area (TPSA) is 117 Å². The lowest BCUT2D eigenvalue weighted by Crippen LogP contribution is -2.20. The summed E-state index contributed by atoms with van der Waals surface area (Å²) >= 11 is 2.34. The molecule has 31 heavy (non-hydrogen) atoms. The summed E-state index contributed by atoms with van der Waals surface area (Å²) in [4.78, 5) is 15.7. The van der Waals surface area contributed by atoms with Crippen LogP contribution in [0.4, 0.5) is 24.7 Å². The number of halogens is 3. The molecule has 0 fully saturated rings. The third-order valence-electron chi connectivity index (χ3n) is 4.08. The van der Waals surface area contributed by atoms with E-state index in [1.165, 1.54) is 11.3 Å². The summed E-state index contributed by atoms with van der Waals surface area (Å²) in [5, 5.41) is 23.8. The summed E-state index contributed by atoms with van der Waals surface area (Å²) in [5.74, 6) is -0.556. The van der Waals surface area contributed by atoms with Gasteiger partial charge in [0, 0.05) is 16.1 Å². The van der Waals surface area contributed by atoms with Crippen LogP contribution in [0.15, 0.2) is 46.8 Å². The molecule has 0 atom stereocenters. The van der Waals surface area contributed by atoms with Gasteiger partial charge in [0.1, 0.15) is 17.7 Å². The molecule has 0 saturated carbocycles. The minimum Gasteiger partial charge on any atom is -0.325 e. The van der Waals surface area contributed by atoms with Crippen molar-refractivity contribution in [2.75, 3.05) is 16.8 Å². The van der Waals surface area contributed by atoms with Crippen molar-refractivity contribution in [2.45, 2.75) is 11.2 Å². The number of alkyl halides is 3. The van der Waals surface area contributed by atoms with Gasteiger partial charge in [-0.15, -0.1) is 11.3 Å². The highest BCUT2D eigenvalue weighted by Crippen LogP contribution is 2.36. The zero-order chi connectivity index (χ0) is 22.6. The number of anilines is 2. The van der Waals surface area contributed by atoms with E-state index in [1.807, 2.05) is 6.07 Å². The molecule has 2 heterocycles. The number of nitriles is 2. The summed E-state index contributed by atoms with van der Waals surface area (Å²) in [6.07, 6.45) is -4.46. The van der Waals surface area contributed by atoms with Crippen LogP contribution in [0.3, 0.4) is 0 Å². The van der Waals surface area contributed by atoms with Crippen molar-refractivity contribution in [3.63, 3.8) is 0 Å². The van der Waals surface area contributed by atoms with Gasteiger partial charge in [-0.05, 0) is 35.7 Å². The third-order valence-corrected chi connectivity index (χ3v) is 5.97. The second-order valence-corrected chi connectivity index (χ2v) is 8.04. The Hall–Kier alpha value is -3.54. The van der Waals surface area contributed by atoms with Crippen molar-refractivity contribution < 1.29 is 22.9 Å². The molecule has 3 rings (SSSR count). The van der Waals surface area contributed by atoms with Crippen LogP contribution < -0.4 is 16.0 Å². The van der Waals surface area contributed by atoms with E-state index in [0.717, 1.165) is 36.0 Å². The number of rotatable bonds is 5. The number of benzene rings is 1. The van der Waals surface area contributed by atoms with Crippen molar-refractivity contribution in [2.24, 2.45) is 0 Å². The van der Waals surface area contributed by atoms with Gasteiger partial charge in [-0.25, -0.2) is 4.98 Å². The molecule has 0 saturated heterocycles. The average molecular weight is 460 g/mol. The smallest absolute Gasteiger partial charge is 0.325 e. The minimum atomic E-state index is -4.46. The number of hydrogen-bond donors (Lipinski definition) is 2. The Morgan fingerprint density at radius 3 is 2.39 bits per heavy atom. The van der Waals surface area contributed by atoms with Crippen molar-refractivity contribution in [3.8, 4) is 22.6 Å². The summed E-state index contributed by atoms with van der Waals surface area (Å²) < 4.78 is 37.9. The van der Waals surface area contributed by atoms with E-state index in [2.05, 4.69) is 16.4 Å². The van der Waals surface area contributed by atoms with Gasteiger partial charge in [-0.2, -0.15) is 23.7 Å². The first-order valence-corrected chi connectivity index (χ1v) is 10.4. The van der Waals surface area contributed by atoms with E-state index in [4.69, 9.17) is 5.73 Å². The number of amides is 1. The van der Waals surface area contributed by atoms with Gasteiger partial charge in [0.15, 0.2) is 10.6 Å². The van der Waals surface area contributed by atoms with Gasteiger partial charge in [0.2, 0.25) is 5.91 Å². The molecule has 0 spiro atoms. The standard InChI is InChI=1S/C20H12F3N5OS2/c21-20(22,23)11-3-5-12(6-4-11)27-16(29)10-31-19-14(9-25)17(15-2-1-7-30-15)13(8-24)18(26)28-19/h1-7H,10H2,(H2,26,28)(H,27,29)/p+1. The fourth-order valence-corrected chi connectivity index (χ4v) is 4.30. The van der Waals surface area contributed by atoms with Crippen LogP contribution in [0.2, 0.25) is 0 Å². The highest BCUT2D eigenvalue weighted by molar-refractivity contribution is 7.99. The van der Waals surface area contributed by atoms with Crippen molar-refractivity contribution in [1.82, 2.24) is 0 Å². The lowest BCUT2D eigenvalue weighted by Gasteiger charge is -2.10. The third kappa shape index (κ3) is 4.97. The van der Waals surface area contributed by atoms with Crippen LogP contribution in [0, 0.1) is 22.7 Å². The molecular formula is C20H13F3N5OS2+. The zero-order valence-corrected chi connectivity index (χ0v) is 17.2. The van der Waals surface area contributed by atoms with Gasteiger partial charge >= 0.3 is 6.18 Å². The number of pyridine rings is 1. The molecule has 0 aliphatic rings. The summed E-state index contributed by atoms with van der Waals surface area (Å²) in [5.41, 5.74) is 6.05. The average Bonchev–Trinajstić information content (AvgIpc) is 3.26. The number of nitrogens with one attached hydrogen (secondary N) is 2. The molecule has 6 nitrogen and oxygen atoms in total. The fourth-order valence-electron chi connectivity index (χ4n) is 2.70. The number of thioether (sulfide) groups is 1. The summed E-state index contributed by atoms with van der Waals surface area (Å²) in [6, 6.07) is 11.7. The summed E-state index contributed by atoms with van der Waals surface area (Å²) in [6.45, 7) is 0. The van der Waals surface area contributed by atoms with Crippen LogP contribution in [-0.2, 0) is 11.0 Å². The number of aromatic amines is 1. The maximum absolute atomic E-state index is 12.6. The lowest BCUT2D eigenvalue weighted by atomic mass is 10.0. The number of H-pyrrole nitrogens is 1. The molecule has 2 aromatic heterocycles. The highest BCUT2D eigenvalue weighted by atomic mass is 32.2. The Kier molecular flexibility index (Phi) is 6.49. The highest BCUT2D eigenvalue weighted by Gasteiger charge is 2.30. The van der Waals surface area contributed by atoms with E-state index >= 15 is 0 Å². The number of nitrogen functional groups attached to an aromatic ring is 1. The maximum atomic E-state index is 12.6. The molecule has 11 heteroatoms. The Labute approximate surface area is 183 Å². The van der Waals surface area contributed by atoms with E-state index in [0.29, 0.717) is 15.5 Å². The van der Waals surface area contributed by atoms with Gasteiger partial charge in [0.05, 0.1) is 11.3 Å². The molecule has 0 radical (unpaired) electrons. The van der Waals surface area contributed by atoms with E-state index in [1.54, 1.807) is 17.5 Å². The number of carbonyl (C=O) groups is 1. The van der Waals surface area contributed by atoms with Gasteiger partial charge in [-0.3, -0.25) is 10.5 Å². The molecule has 0 unspecified atom stereocenters. The largest absolute Gasteiger partial charge is 0.416 e. The first kappa shape index (κ1) is 22.2. The van der Waals surface area contributed by atoms with Crippen LogP contribution >= 0.6 is 23.1 Å². The number of hydrogen-bond acceptors (Lipinski definition) is 6. The zero-order valence-electron chi connectivity index (χ0n) is 15.6. The Bertz CT molecular complexity index is 1190. The molecule has 3 aromatic rings. The Morgan fingerprint density at radius 2 is 1.84 bits per heavy atom. The van der Waals surface area contributed by atoms with Crippen molar-refractivity contribution >= 4 is 40.5 Å². The molecule has 0 bridgehead atoms. The van der Waals surface area contributed by atoms with Crippen LogP contribution in [-0.4, -0.2) is 11.7 Å². The van der Waals surface area contributed by atoms with Crippen LogP contribution in [0.25, 0.3) is 10.4 Å². The quantitative estimate of drug-likeness (QED) is 0.551. The molecular weight excluding hydrogens is 447 g/mol. The predicted molar refractivity (Wildman–Crippen MR) is 111 cm³/mol. The van der Waals surface area contributed by atoms with Crippen LogP contribution in [0.5, 0.6) is 0 Å². The SMILES string of the molecule is N#Cc1c(N)[nH+]c(SCC(=O)Nc2ccc(C(F)(F)F)cc2)c(C#N)c1-c1cccs1. The Balaban J connectivity index is 1.80. The number of nitrogens with two attached hydrogens (primary N) is 1. The number of thiophene rings is 1. The van der Waals surface area contributed by atoms with Crippen molar-refractivity contribution in [3.05, 3.63) is 58.5 Å². The van der Waals surface area contributed by atoms with E-state index < -0.39 is 17.6 Å². The number of nitrogens with zero attached hydrogens (tertiary/aromatic N) is 2. The molecule has 0 aliphatic heterocycles. The lowest BCUT2D eigenvalue weighted by molar-refractivity contribution is -0.410. The maximum Gasteiger partial charge on any atom is 0.416 e.